The highest BCUT2D eigenvalue weighted by molar-refractivity contribution is 6.05. The molecule has 10 heteroatoms. The molecule has 0 aliphatic carbocycles. The van der Waals surface area contributed by atoms with Gasteiger partial charge in [-0.2, -0.15) is 25.3 Å². The third-order valence-corrected chi connectivity index (χ3v) is 7.21. The van der Waals surface area contributed by atoms with E-state index in [9.17, 15) is 9.90 Å². The zero-order valence-corrected chi connectivity index (χ0v) is 25.9. The molecule has 0 saturated carbocycles. The van der Waals surface area contributed by atoms with Crippen molar-refractivity contribution < 1.29 is 9.90 Å². The van der Waals surface area contributed by atoms with Crippen LogP contribution >= 0.6 is 0 Å². The van der Waals surface area contributed by atoms with Crippen molar-refractivity contribution in [3.05, 3.63) is 119 Å². The Hall–Kier alpha value is -5.95. The van der Waals surface area contributed by atoms with Crippen LogP contribution in [-0.4, -0.2) is 20.8 Å². The van der Waals surface area contributed by atoms with E-state index in [0.29, 0.717) is 39.6 Å². The summed E-state index contributed by atoms with van der Waals surface area (Å²) in [6.45, 7) is 6.12. The predicted octanol–water partition coefficient (Wildman–Crippen LogP) is 10.00. The van der Waals surface area contributed by atoms with Crippen molar-refractivity contribution in [3.8, 4) is 17.6 Å². The molecule has 0 aliphatic heterocycles. The molecule has 230 valence electrons. The second-order valence-electron chi connectivity index (χ2n) is 11.0. The average molecular weight is 611 g/mol. The summed E-state index contributed by atoms with van der Waals surface area (Å²) in [5.41, 5.74) is 5.55. The Morgan fingerprint density at radius 3 is 2.28 bits per heavy atom. The maximum Gasteiger partial charge on any atom is 0.255 e. The molecule has 1 heterocycles. The van der Waals surface area contributed by atoms with Gasteiger partial charge in [0.25, 0.3) is 5.91 Å². The van der Waals surface area contributed by atoms with E-state index in [4.69, 9.17) is 5.26 Å². The van der Waals surface area contributed by atoms with Gasteiger partial charge in [0.2, 0.25) is 5.88 Å². The molecule has 0 spiro atoms. The number of carbonyl (C=O) groups is 1. The highest BCUT2D eigenvalue weighted by Gasteiger charge is 2.21. The summed E-state index contributed by atoms with van der Waals surface area (Å²) >= 11 is 0. The topological polar surface area (TPSA) is 140 Å². The number of benzene rings is 4. The molecule has 0 saturated heterocycles. The minimum Gasteiger partial charge on any atom is -0.492 e. The lowest BCUT2D eigenvalue weighted by Crippen LogP contribution is -2.11. The Labute approximate surface area is 267 Å². The number of anilines is 1. The summed E-state index contributed by atoms with van der Waals surface area (Å²) in [5.74, 6) is -0.471. The number of hydrogen-bond acceptors (Lipinski definition) is 8. The zero-order valence-electron chi connectivity index (χ0n) is 25.9. The fourth-order valence-electron chi connectivity index (χ4n) is 4.65. The van der Waals surface area contributed by atoms with Crippen molar-refractivity contribution in [1.82, 2.24) is 9.78 Å². The molecule has 0 fully saturated rings. The number of aryl methyl sites for hydroxylation is 1. The van der Waals surface area contributed by atoms with Gasteiger partial charge in [-0.15, -0.1) is 10.2 Å². The first-order chi connectivity index (χ1) is 22.4. The standard InChI is InChI=1S/C36H34N8O2/c1-4-5-9-25-14-19-30(20-15-25)44-36(46)34(33(43-44)24(2)3)42-40-29-18-21-31(41-39-28-16-12-26(23-37)13-17-28)32(22-29)38-35(45)27-10-7-6-8-11-27/h6-8,10-22,24,46H,4-5,9H2,1-3H3,(H,38,45). The maximum absolute atomic E-state index is 13.1. The summed E-state index contributed by atoms with van der Waals surface area (Å²) in [5, 5.41) is 45.3. The van der Waals surface area contributed by atoms with Crippen molar-refractivity contribution in [3.63, 3.8) is 0 Å². The van der Waals surface area contributed by atoms with Gasteiger partial charge >= 0.3 is 0 Å². The number of aromatic nitrogens is 2. The molecule has 0 aliphatic rings. The van der Waals surface area contributed by atoms with Crippen LogP contribution < -0.4 is 5.32 Å². The van der Waals surface area contributed by atoms with E-state index in [2.05, 4.69) is 43.9 Å². The van der Waals surface area contributed by atoms with Crippen LogP contribution in [0.15, 0.2) is 118 Å². The van der Waals surface area contributed by atoms with Crippen LogP contribution in [0.25, 0.3) is 5.69 Å². The molecular weight excluding hydrogens is 576 g/mol. The number of hydrogen-bond donors (Lipinski definition) is 2. The first kappa shape index (κ1) is 31.5. The summed E-state index contributed by atoms with van der Waals surface area (Å²) in [4.78, 5) is 13.1. The lowest BCUT2D eigenvalue weighted by Gasteiger charge is -2.09. The number of azo groups is 2. The number of carbonyl (C=O) groups excluding carboxylic acids is 1. The molecule has 0 radical (unpaired) electrons. The smallest absolute Gasteiger partial charge is 0.255 e. The third-order valence-electron chi connectivity index (χ3n) is 7.21. The summed E-state index contributed by atoms with van der Waals surface area (Å²) < 4.78 is 1.48. The molecule has 0 unspecified atom stereocenters. The normalized spacial score (nSPS) is 11.4. The van der Waals surface area contributed by atoms with Crippen molar-refractivity contribution >= 4 is 34.3 Å². The van der Waals surface area contributed by atoms with Crippen LogP contribution in [0, 0.1) is 11.3 Å². The van der Waals surface area contributed by atoms with Crippen LogP contribution in [0.4, 0.5) is 28.4 Å². The molecule has 1 amide bonds. The molecule has 1 aromatic heterocycles. The van der Waals surface area contributed by atoms with E-state index in [1.54, 1.807) is 66.7 Å². The molecule has 46 heavy (non-hydrogen) atoms. The molecule has 0 bridgehead atoms. The van der Waals surface area contributed by atoms with Crippen LogP contribution in [0.3, 0.4) is 0 Å². The molecule has 5 aromatic rings. The van der Waals surface area contributed by atoms with Gasteiger partial charge in [-0.25, -0.2) is 0 Å². The van der Waals surface area contributed by atoms with Crippen LogP contribution in [0.1, 0.15) is 66.7 Å². The quantitative estimate of drug-likeness (QED) is 0.144. The zero-order chi connectivity index (χ0) is 32.5. The fourth-order valence-corrected chi connectivity index (χ4v) is 4.65. The van der Waals surface area contributed by atoms with E-state index in [-0.39, 0.29) is 23.4 Å². The average Bonchev–Trinajstić information content (AvgIpc) is 3.42. The molecule has 4 aromatic carbocycles. The second-order valence-corrected chi connectivity index (χ2v) is 11.0. The van der Waals surface area contributed by atoms with E-state index < -0.39 is 0 Å². The van der Waals surface area contributed by atoms with Gasteiger partial charge in [-0.05, 0) is 91.1 Å². The lowest BCUT2D eigenvalue weighted by atomic mass is 10.1. The highest BCUT2D eigenvalue weighted by atomic mass is 16.3. The second kappa shape index (κ2) is 14.7. The molecule has 2 N–H and O–H groups in total. The molecular formula is C36H34N8O2. The minimum absolute atomic E-state index is 0.0318. The Morgan fingerprint density at radius 1 is 0.913 bits per heavy atom. The Bertz CT molecular complexity index is 1900. The van der Waals surface area contributed by atoms with E-state index in [0.717, 1.165) is 24.9 Å². The van der Waals surface area contributed by atoms with Gasteiger partial charge in [-0.1, -0.05) is 57.5 Å². The molecule has 0 atom stereocenters. The minimum atomic E-state index is -0.328. The van der Waals surface area contributed by atoms with Gasteiger partial charge in [0.15, 0.2) is 5.69 Å². The van der Waals surface area contributed by atoms with Crippen molar-refractivity contribution in [2.75, 3.05) is 5.32 Å². The largest absolute Gasteiger partial charge is 0.492 e. The highest BCUT2D eigenvalue weighted by Crippen LogP contribution is 2.39. The van der Waals surface area contributed by atoms with Crippen molar-refractivity contribution in [2.24, 2.45) is 20.5 Å². The van der Waals surface area contributed by atoms with Crippen LogP contribution in [-0.2, 0) is 6.42 Å². The van der Waals surface area contributed by atoms with Gasteiger partial charge < -0.3 is 10.4 Å². The third kappa shape index (κ3) is 7.57. The Balaban J connectivity index is 1.46. The van der Waals surface area contributed by atoms with Crippen molar-refractivity contribution in [2.45, 2.75) is 46.0 Å². The van der Waals surface area contributed by atoms with Gasteiger partial charge in [0.05, 0.1) is 40.1 Å². The lowest BCUT2D eigenvalue weighted by molar-refractivity contribution is 0.102. The molecule has 10 nitrogen and oxygen atoms in total. The predicted molar refractivity (Wildman–Crippen MR) is 178 cm³/mol. The van der Waals surface area contributed by atoms with E-state index >= 15 is 0 Å². The number of nitrogens with zero attached hydrogens (tertiary/aromatic N) is 7. The van der Waals surface area contributed by atoms with Crippen LogP contribution in [0.2, 0.25) is 0 Å². The SMILES string of the molecule is CCCCc1ccc(-n2nc(C(C)C)c(N=Nc3ccc(N=Nc4ccc(C#N)cc4)c(NC(=O)c4ccccc4)c3)c2O)cc1. The van der Waals surface area contributed by atoms with Crippen LogP contribution in [0.5, 0.6) is 5.88 Å². The number of nitrogens with one attached hydrogen (secondary N) is 1. The van der Waals surface area contributed by atoms with Crippen molar-refractivity contribution in [1.29, 1.82) is 5.26 Å². The van der Waals surface area contributed by atoms with Gasteiger partial charge in [0, 0.05) is 5.56 Å². The summed E-state index contributed by atoms with van der Waals surface area (Å²) in [6, 6.07) is 30.6. The Morgan fingerprint density at radius 2 is 1.61 bits per heavy atom. The van der Waals surface area contributed by atoms with E-state index in [1.165, 1.54) is 10.2 Å². The summed E-state index contributed by atoms with van der Waals surface area (Å²) in [7, 11) is 0. The first-order valence-corrected chi connectivity index (χ1v) is 15.1. The number of rotatable bonds is 11. The number of nitriles is 1. The monoisotopic (exact) mass is 610 g/mol. The number of amides is 1. The number of aromatic hydroxyl groups is 1. The summed E-state index contributed by atoms with van der Waals surface area (Å²) in [6.07, 6.45) is 3.25. The number of unbranched alkanes of at least 4 members (excludes halogenated alkanes) is 1. The van der Waals surface area contributed by atoms with E-state index in [1.807, 2.05) is 44.2 Å². The first-order valence-electron chi connectivity index (χ1n) is 15.1. The van der Waals surface area contributed by atoms with Gasteiger partial charge in [0.1, 0.15) is 5.69 Å². The Kier molecular flexibility index (Phi) is 10.0. The fraction of sp³-hybridized carbons (Fsp3) is 0.194. The molecule has 5 rings (SSSR count). The van der Waals surface area contributed by atoms with Gasteiger partial charge in [-0.3, -0.25) is 4.79 Å². The maximum atomic E-state index is 13.1.